The van der Waals surface area contributed by atoms with Crippen LogP contribution in [-0.2, 0) is 0 Å². The number of hydrogen-bond acceptors (Lipinski definition) is 6. The van der Waals surface area contributed by atoms with E-state index in [1.165, 1.54) is 0 Å². The van der Waals surface area contributed by atoms with Crippen LogP contribution in [0, 0.1) is 11.3 Å². The van der Waals surface area contributed by atoms with Gasteiger partial charge in [0.15, 0.2) is 11.5 Å². The lowest BCUT2D eigenvalue weighted by molar-refractivity contribution is 0.174. The summed E-state index contributed by atoms with van der Waals surface area (Å²) >= 11 is 0. The van der Waals surface area contributed by atoms with Gasteiger partial charge in [-0.05, 0) is 47.0 Å². The summed E-state index contributed by atoms with van der Waals surface area (Å²) in [4.78, 5) is 11.6. The summed E-state index contributed by atoms with van der Waals surface area (Å²) in [6.45, 7) is 0.208. The van der Waals surface area contributed by atoms with Crippen LogP contribution in [0.15, 0.2) is 48.8 Å². The van der Waals surface area contributed by atoms with E-state index in [1.54, 1.807) is 12.3 Å². The molecule has 0 saturated carbocycles. The van der Waals surface area contributed by atoms with Crippen LogP contribution in [0.1, 0.15) is 5.69 Å². The van der Waals surface area contributed by atoms with Gasteiger partial charge < -0.3 is 20.2 Å². The highest BCUT2D eigenvalue weighted by atomic mass is 16.7. The molecule has 0 aliphatic carbocycles. The summed E-state index contributed by atoms with van der Waals surface area (Å²) in [7, 11) is 0. The second kappa shape index (κ2) is 5.75. The molecule has 1 aromatic carbocycles. The fraction of sp³-hybridized carbons (Fsp3) is 0.0500. The van der Waals surface area contributed by atoms with Gasteiger partial charge in [-0.2, -0.15) is 5.26 Å². The Kier molecular flexibility index (Phi) is 3.24. The van der Waals surface area contributed by atoms with Crippen LogP contribution in [-0.4, -0.2) is 21.7 Å². The first-order chi connectivity index (χ1) is 13.2. The molecule has 1 aliphatic rings. The quantitative estimate of drug-likeness (QED) is 0.570. The molecule has 4 aromatic rings. The second-order valence-electron chi connectivity index (χ2n) is 6.13. The van der Waals surface area contributed by atoms with Gasteiger partial charge in [0.05, 0.1) is 0 Å². The number of nitrogens with zero attached hydrogens (tertiary/aromatic N) is 3. The van der Waals surface area contributed by atoms with E-state index in [2.05, 4.69) is 21.0 Å². The van der Waals surface area contributed by atoms with E-state index < -0.39 is 0 Å². The maximum absolute atomic E-state index is 9.39. The molecule has 0 spiro atoms. The average molecular weight is 355 g/mol. The highest BCUT2D eigenvalue weighted by Crippen LogP contribution is 2.40. The number of nitrogen functional groups attached to an aromatic ring is 1. The zero-order chi connectivity index (χ0) is 18.4. The second-order valence-corrected chi connectivity index (χ2v) is 6.13. The van der Waals surface area contributed by atoms with Crippen LogP contribution in [0.5, 0.6) is 11.5 Å². The number of aromatic nitrogens is 3. The Bertz CT molecular complexity index is 1240. The summed E-state index contributed by atoms with van der Waals surface area (Å²) in [6.07, 6.45) is 3.53. The Morgan fingerprint density at radius 1 is 1.04 bits per heavy atom. The standard InChI is InChI=1S/C20H13N5O2/c21-8-13-7-14(11-1-2-16-17(5-11)27-10-26-16)19-15(9-24-20(19)25-13)12-3-4-23-18(22)6-12/h1-7,9H,10H2,(H2,22,23)(H,24,25). The Labute approximate surface area is 154 Å². The fourth-order valence-electron chi connectivity index (χ4n) is 3.33. The molecule has 5 rings (SSSR count). The summed E-state index contributed by atoms with van der Waals surface area (Å²) < 4.78 is 10.9. The lowest BCUT2D eigenvalue weighted by atomic mass is 9.97. The monoisotopic (exact) mass is 355 g/mol. The number of benzene rings is 1. The number of rotatable bonds is 2. The third-order valence-electron chi connectivity index (χ3n) is 4.53. The number of anilines is 1. The van der Waals surface area contributed by atoms with E-state index >= 15 is 0 Å². The van der Waals surface area contributed by atoms with Gasteiger partial charge in [-0.15, -0.1) is 0 Å². The summed E-state index contributed by atoms with van der Waals surface area (Å²) in [6, 6.07) is 13.3. The number of hydrogen-bond donors (Lipinski definition) is 2. The van der Waals surface area contributed by atoms with Gasteiger partial charge >= 0.3 is 0 Å². The number of aromatic amines is 1. The third-order valence-corrected chi connectivity index (χ3v) is 4.53. The van der Waals surface area contributed by atoms with Gasteiger partial charge in [0.1, 0.15) is 23.2 Å². The van der Waals surface area contributed by atoms with E-state index in [9.17, 15) is 5.26 Å². The number of H-pyrrole nitrogens is 1. The molecule has 7 heteroatoms. The minimum Gasteiger partial charge on any atom is -0.454 e. The highest BCUT2D eigenvalue weighted by Gasteiger charge is 2.19. The van der Waals surface area contributed by atoms with Crippen LogP contribution in [0.2, 0.25) is 0 Å². The number of ether oxygens (including phenoxy) is 2. The van der Waals surface area contributed by atoms with Crippen molar-refractivity contribution in [2.45, 2.75) is 0 Å². The minimum atomic E-state index is 0.208. The van der Waals surface area contributed by atoms with Crippen LogP contribution in [0.4, 0.5) is 5.82 Å². The normalized spacial score (nSPS) is 12.3. The number of nitriles is 1. The fourth-order valence-corrected chi connectivity index (χ4v) is 3.33. The molecule has 0 saturated heterocycles. The van der Waals surface area contributed by atoms with Crippen molar-refractivity contribution in [3.05, 3.63) is 54.5 Å². The highest BCUT2D eigenvalue weighted by molar-refractivity contribution is 6.04. The molecular weight excluding hydrogens is 342 g/mol. The van der Waals surface area contributed by atoms with Crippen LogP contribution < -0.4 is 15.2 Å². The van der Waals surface area contributed by atoms with Crippen LogP contribution in [0.3, 0.4) is 0 Å². The Morgan fingerprint density at radius 2 is 1.89 bits per heavy atom. The molecule has 0 bridgehead atoms. The van der Waals surface area contributed by atoms with E-state index in [4.69, 9.17) is 15.2 Å². The summed E-state index contributed by atoms with van der Waals surface area (Å²) in [5.74, 6) is 1.83. The van der Waals surface area contributed by atoms with Crippen molar-refractivity contribution in [3.8, 4) is 39.8 Å². The van der Waals surface area contributed by atoms with E-state index in [-0.39, 0.29) is 6.79 Å². The predicted octanol–water partition coefficient (Wildman–Crippen LogP) is 3.47. The molecule has 3 N–H and O–H groups in total. The van der Waals surface area contributed by atoms with Gasteiger partial charge in [0.25, 0.3) is 0 Å². The van der Waals surface area contributed by atoms with Crippen LogP contribution in [0.25, 0.3) is 33.3 Å². The Balaban J connectivity index is 1.80. The number of nitrogens with two attached hydrogens (primary N) is 1. The molecule has 7 nitrogen and oxygen atoms in total. The topological polar surface area (TPSA) is 110 Å². The first-order valence-electron chi connectivity index (χ1n) is 8.27. The van der Waals surface area contributed by atoms with Gasteiger partial charge in [0.2, 0.25) is 6.79 Å². The van der Waals surface area contributed by atoms with Crippen molar-refractivity contribution >= 4 is 16.9 Å². The van der Waals surface area contributed by atoms with Gasteiger partial charge in [0, 0.05) is 23.3 Å². The number of fused-ring (bicyclic) bond motifs is 2. The van der Waals surface area contributed by atoms with Crippen molar-refractivity contribution in [1.29, 1.82) is 5.26 Å². The van der Waals surface area contributed by atoms with Crippen molar-refractivity contribution in [2.75, 3.05) is 12.5 Å². The maximum atomic E-state index is 9.39. The molecule has 0 unspecified atom stereocenters. The molecule has 3 aromatic heterocycles. The minimum absolute atomic E-state index is 0.208. The zero-order valence-electron chi connectivity index (χ0n) is 14.1. The van der Waals surface area contributed by atoms with E-state index in [0.717, 1.165) is 27.6 Å². The Hall–Kier alpha value is -4.05. The van der Waals surface area contributed by atoms with Crippen molar-refractivity contribution in [2.24, 2.45) is 0 Å². The number of nitrogens with one attached hydrogen (secondary N) is 1. The predicted molar refractivity (Wildman–Crippen MR) is 100 cm³/mol. The van der Waals surface area contributed by atoms with Gasteiger partial charge in [-0.3, -0.25) is 0 Å². The van der Waals surface area contributed by atoms with Gasteiger partial charge in [-0.25, -0.2) is 9.97 Å². The molecule has 27 heavy (non-hydrogen) atoms. The molecule has 0 fully saturated rings. The molecule has 0 radical (unpaired) electrons. The summed E-state index contributed by atoms with van der Waals surface area (Å²) in [5.41, 5.74) is 10.5. The zero-order valence-corrected chi connectivity index (χ0v) is 14.1. The van der Waals surface area contributed by atoms with Crippen molar-refractivity contribution in [3.63, 3.8) is 0 Å². The summed E-state index contributed by atoms with van der Waals surface area (Å²) in [5, 5.41) is 10.3. The SMILES string of the molecule is N#Cc1cc(-c2ccc3c(c2)OCO3)c2c(-c3ccnc(N)c3)c[nH]c2n1. The lowest BCUT2D eigenvalue weighted by Gasteiger charge is -2.09. The maximum Gasteiger partial charge on any atom is 0.231 e. The third kappa shape index (κ3) is 2.43. The lowest BCUT2D eigenvalue weighted by Crippen LogP contribution is -1.93. The molecule has 0 amide bonds. The van der Waals surface area contributed by atoms with E-state index in [0.29, 0.717) is 28.7 Å². The average Bonchev–Trinajstić information content (AvgIpc) is 3.33. The van der Waals surface area contributed by atoms with Gasteiger partial charge in [-0.1, -0.05) is 6.07 Å². The first kappa shape index (κ1) is 15.2. The first-order valence-corrected chi connectivity index (χ1v) is 8.27. The number of pyridine rings is 2. The van der Waals surface area contributed by atoms with Crippen molar-refractivity contribution < 1.29 is 9.47 Å². The van der Waals surface area contributed by atoms with Crippen LogP contribution >= 0.6 is 0 Å². The smallest absolute Gasteiger partial charge is 0.231 e. The molecule has 130 valence electrons. The molecule has 0 atom stereocenters. The van der Waals surface area contributed by atoms with Crippen molar-refractivity contribution in [1.82, 2.24) is 15.0 Å². The largest absolute Gasteiger partial charge is 0.454 e. The molecule has 4 heterocycles. The Morgan fingerprint density at radius 3 is 2.74 bits per heavy atom. The molecular formula is C20H13N5O2. The van der Waals surface area contributed by atoms with E-state index in [1.807, 2.05) is 36.5 Å². The molecule has 1 aliphatic heterocycles.